The van der Waals surface area contributed by atoms with E-state index in [1.54, 1.807) is 4.68 Å². The second kappa shape index (κ2) is 8.98. The number of carbonyl (C=O) groups excluding carboxylic acids is 2. The van der Waals surface area contributed by atoms with Crippen molar-refractivity contribution < 1.29 is 19.1 Å². The average Bonchev–Trinajstić information content (AvgIpc) is 3.40. The van der Waals surface area contributed by atoms with Gasteiger partial charge in [-0.15, -0.1) is 0 Å². The molecule has 0 spiro atoms. The molecule has 1 N–H and O–H groups in total. The lowest BCUT2D eigenvalue weighted by Crippen LogP contribution is -2.47. The summed E-state index contributed by atoms with van der Waals surface area (Å²) in [6, 6.07) is 6.49. The van der Waals surface area contributed by atoms with Gasteiger partial charge in [0.05, 0.1) is 12.6 Å². The minimum absolute atomic E-state index is 0.0456. The van der Waals surface area contributed by atoms with Crippen LogP contribution in [0.3, 0.4) is 0 Å². The highest BCUT2D eigenvalue weighted by Crippen LogP contribution is 2.57. The summed E-state index contributed by atoms with van der Waals surface area (Å²) in [5, 5.41) is 14.4. The summed E-state index contributed by atoms with van der Waals surface area (Å²) in [5.74, 6) is 1.13. The molecule has 2 amide bonds. The Labute approximate surface area is 211 Å². The number of benzene rings is 1. The van der Waals surface area contributed by atoms with Gasteiger partial charge in [-0.3, -0.25) is 14.3 Å². The molecule has 3 heterocycles. The topological polar surface area (TPSA) is 78.7 Å². The van der Waals surface area contributed by atoms with Crippen LogP contribution in [0.15, 0.2) is 18.2 Å². The summed E-state index contributed by atoms with van der Waals surface area (Å²) >= 11 is 0. The molecule has 2 aliphatic carbocycles. The third-order valence-electron chi connectivity index (χ3n) is 9.06. The van der Waals surface area contributed by atoms with Crippen LogP contribution >= 0.6 is 0 Å². The number of amides is 2. The first-order valence-corrected chi connectivity index (χ1v) is 13.4. The lowest BCUT2D eigenvalue weighted by Gasteiger charge is -2.33. The zero-order valence-electron chi connectivity index (χ0n) is 21.1. The van der Waals surface area contributed by atoms with E-state index in [1.807, 2.05) is 4.90 Å². The minimum atomic E-state index is -1.43. The molecule has 1 aromatic heterocycles. The van der Waals surface area contributed by atoms with Gasteiger partial charge in [0.25, 0.3) is 5.91 Å². The number of carbonyl (C=O) groups is 2. The number of halogens is 1. The summed E-state index contributed by atoms with van der Waals surface area (Å²) in [6.07, 6.45) is 1.61. The molecule has 4 atom stereocenters. The van der Waals surface area contributed by atoms with Gasteiger partial charge in [0.15, 0.2) is 5.69 Å². The van der Waals surface area contributed by atoms with Crippen LogP contribution in [0.2, 0.25) is 0 Å². The zero-order valence-corrected chi connectivity index (χ0v) is 21.1. The summed E-state index contributed by atoms with van der Waals surface area (Å²) in [4.78, 5) is 30.0. The van der Waals surface area contributed by atoms with Crippen LogP contribution in [0.1, 0.15) is 76.0 Å². The third-order valence-corrected chi connectivity index (χ3v) is 9.06. The molecule has 2 saturated heterocycles. The van der Waals surface area contributed by atoms with Gasteiger partial charge in [0.1, 0.15) is 12.7 Å². The monoisotopic (exact) mass is 494 g/mol. The molecule has 3 fully saturated rings. The number of hydrogen-bond donors (Lipinski definition) is 1. The summed E-state index contributed by atoms with van der Waals surface area (Å²) < 4.78 is 15.9. The van der Waals surface area contributed by atoms with Gasteiger partial charge < -0.3 is 14.9 Å². The van der Waals surface area contributed by atoms with Crippen LogP contribution in [0.5, 0.6) is 0 Å². The molecule has 192 valence electrons. The molecular weight excluding hydrogens is 459 g/mol. The highest BCUT2D eigenvalue weighted by Gasteiger charge is 2.51. The van der Waals surface area contributed by atoms with Crippen LogP contribution in [0.4, 0.5) is 4.39 Å². The van der Waals surface area contributed by atoms with Crippen LogP contribution in [0, 0.1) is 19.8 Å². The maximum absolute atomic E-state index is 14.1. The Morgan fingerprint density at radius 3 is 2.61 bits per heavy atom. The minimum Gasteiger partial charge on any atom is -0.390 e. The summed E-state index contributed by atoms with van der Waals surface area (Å²) in [6.45, 7) is 6.15. The predicted octanol–water partition coefficient (Wildman–Crippen LogP) is 3.11. The van der Waals surface area contributed by atoms with Crippen LogP contribution in [-0.2, 0) is 17.8 Å². The second-order valence-electron chi connectivity index (χ2n) is 11.2. The molecule has 36 heavy (non-hydrogen) atoms. The van der Waals surface area contributed by atoms with Gasteiger partial charge in [-0.25, -0.2) is 4.39 Å². The highest BCUT2D eigenvalue weighted by molar-refractivity contribution is 5.95. The molecule has 0 unspecified atom stereocenters. The number of fused-ring (bicyclic) bond motifs is 3. The van der Waals surface area contributed by atoms with Crippen molar-refractivity contribution in [2.45, 2.75) is 76.6 Å². The van der Waals surface area contributed by atoms with Crippen molar-refractivity contribution in [3.8, 4) is 0 Å². The Bertz CT molecular complexity index is 1200. The van der Waals surface area contributed by atoms with Gasteiger partial charge >= 0.3 is 0 Å². The third kappa shape index (κ3) is 4.03. The van der Waals surface area contributed by atoms with Gasteiger partial charge in [-0.1, -0.05) is 18.2 Å². The Balaban J connectivity index is 1.15. The molecule has 1 saturated carbocycles. The van der Waals surface area contributed by atoms with Gasteiger partial charge in [-0.2, -0.15) is 5.10 Å². The number of alkyl halides is 1. The standard InChI is InChI=1S/C28H35FN4O3/c1-16-4-3-5-20(17(16)2)18-6-9-31(10-7-18)25(35)15-33-23-13-19-12-21(19)26(23)27(30-33)28(36)32-11-8-24(34)22(29)14-32/h3-5,18-19,21-22,24,34H,6-15H2,1-2H3/t19-,21-,22-,24+/m0/s1. The largest absolute Gasteiger partial charge is 0.390 e. The Morgan fingerprint density at radius 1 is 1.11 bits per heavy atom. The molecular formula is C28H35FN4O3. The number of aliphatic hydroxyl groups is 1. The van der Waals surface area contributed by atoms with E-state index in [-0.39, 0.29) is 31.3 Å². The Hall–Kier alpha value is -2.74. The van der Waals surface area contributed by atoms with Crippen molar-refractivity contribution in [3.05, 3.63) is 51.8 Å². The summed E-state index contributed by atoms with van der Waals surface area (Å²) in [7, 11) is 0. The fourth-order valence-electron chi connectivity index (χ4n) is 6.59. The van der Waals surface area contributed by atoms with E-state index in [4.69, 9.17) is 0 Å². The van der Waals surface area contributed by atoms with Crippen molar-refractivity contribution in [2.24, 2.45) is 5.92 Å². The maximum Gasteiger partial charge on any atom is 0.274 e. The molecule has 8 heteroatoms. The van der Waals surface area contributed by atoms with Crippen LogP contribution in [0.25, 0.3) is 0 Å². The van der Waals surface area contributed by atoms with Crippen LogP contribution < -0.4 is 0 Å². The SMILES string of the molecule is Cc1cccc(C2CCN(C(=O)Cn3nc(C(=O)N4CC[C@@H](O)[C@@H](F)C4)c4c3C[C@@H]3C[C@H]43)CC2)c1C. The van der Waals surface area contributed by atoms with E-state index in [2.05, 4.69) is 37.1 Å². The number of likely N-dealkylation sites (tertiary alicyclic amines) is 2. The van der Waals surface area contributed by atoms with E-state index in [0.29, 0.717) is 30.0 Å². The predicted molar refractivity (Wildman–Crippen MR) is 133 cm³/mol. The van der Waals surface area contributed by atoms with E-state index < -0.39 is 12.3 Å². The molecule has 0 radical (unpaired) electrons. The molecule has 0 bridgehead atoms. The van der Waals surface area contributed by atoms with Crippen molar-refractivity contribution in [1.82, 2.24) is 19.6 Å². The molecule has 4 aliphatic rings. The van der Waals surface area contributed by atoms with Crippen molar-refractivity contribution in [1.29, 1.82) is 0 Å². The molecule has 2 aromatic rings. The highest BCUT2D eigenvalue weighted by atomic mass is 19.1. The number of piperidine rings is 2. The first-order valence-electron chi connectivity index (χ1n) is 13.4. The van der Waals surface area contributed by atoms with E-state index >= 15 is 0 Å². The van der Waals surface area contributed by atoms with Crippen molar-refractivity contribution in [3.63, 3.8) is 0 Å². The van der Waals surface area contributed by atoms with E-state index in [1.165, 1.54) is 21.6 Å². The number of rotatable bonds is 4. The van der Waals surface area contributed by atoms with Gasteiger partial charge in [0, 0.05) is 30.9 Å². The molecule has 2 aliphatic heterocycles. The molecule has 7 nitrogen and oxygen atoms in total. The first-order chi connectivity index (χ1) is 17.3. The van der Waals surface area contributed by atoms with Gasteiger partial charge in [-0.05, 0) is 80.4 Å². The lowest BCUT2D eigenvalue weighted by atomic mass is 9.85. The average molecular weight is 495 g/mol. The van der Waals surface area contributed by atoms with Crippen molar-refractivity contribution in [2.75, 3.05) is 26.2 Å². The lowest BCUT2D eigenvalue weighted by molar-refractivity contribution is -0.133. The number of nitrogens with zero attached hydrogens (tertiary/aromatic N) is 4. The number of aryl methyl sites for hydroxylation is 1. The van der Waals surface area contributed by atoms with E-state index in [0.717, 1.165) is 50.0 Å². The number of hydrogen-bond acceptors (Lipinski definition) is 4. The quantitative estimate of drug-likeness (QED) is 0.709. The Morgan fingerprint density at radius 2 is 1.86 bits per heavy atom. The zero-order chi connectivity index (χ0) is 25.1. The number of aromatic nitrogens is 2. The maximum atomic E-state index is 14.1. The van der Waals surface area contributed by atoms with Gasteiger partial charge in [0.2, 0.25) is 5.91 Å². The summed E-state index contributed by atoms with van der Waals surface area (Å²) in [5.41, 5.74) is 6.44. The van der Waals surface area contributed by atoms with Crippen molar-refractivity contribution >= 4 is 11.8 Å². The Kier molecular flexibility index (Phi) is 5.90. The fourth-order valence-corrected chi connectivity index (χ4v) is 6.59. The normalized spacial score (nSPS) is 27.7. The molecule has 1 aromatic carbocycles. The van der Waals surface area contributed by atoms with E-state index in [9.17, 15) is 19.1 Å². The van der Waals surface area contributed by atoms with Crippen LogP contribution in [-0.4, -0.2) is 75.0 Å². The second-order valence-corrected chi connectivity index (χ2v) is 11.2. The molecule has 6 rings (SSSR count). The smallest absolute Gasteiger partial charge is 0.274 e. The number of aliphatic hydroxyl groups excluding tert-OH is 1. The first kappa shape index (κ1) is 23.6. The fraction of sp³-hybridized carbons (Fsp3) is 0.607.